The van der Waals surface area contributed by atoms with Crippen molar-refractivity contribution in [3.8, 4) is 0 Å². The topological polar surface area (TPSA) is 55.1 Å². The quantitative estimate of drug-likeness (QED) is 0.893. The minimum absolute atomic E-state index is 0.0412. The van der Waals surface area contributed by atoms with Gasteiger partial charge < -0.3 is 11.1 Å². The van der Waals surface area contributed by atoms with Gasteiger partial charge in [0.2, 0.25) is 0 Å². The van der Waals surface area contributed by atoms with Crippen LogP contribution in [0.15, 0.2) is 54.6 Å². The molecule has 1 fully saturated rings. The van der Waals surface area contributed by atoms with Crippen LogP contribution in [0.25, 0.3) is 0 Å². The number of hydrogen-bond acceptors (Lipinski definition) is 2. The van der Waals surface area contributed by atoms with Gasteiger partial charge in [-0.3, -0.25) is 4.79 Å². The van der Waals surface area contributed by atoms with E-state index in [1.165, 1.54) is 5.56 Å². The van der Waals surface area contributed by atoms with E-state index in [0.29, 0.717) is 24.1 Å². The van der Waals surface area contributed by atoms with Crippen LogP contribution in [0.4, 0.5) is 0 Å². The predicted octanol–water partition coefficient (Wildman–Crippen LogP) is 2.43. The molecule has 0 aromatic heterocycles. The monoisotopic (exact) mass is 266 g/mol. The maximum absolute atomic E-state index is 12.0. The molecule has 0 spiro atoms. The van der Waals surface area contributed by atoms with E-state index in [2.05, 4.69) is 5.32 Å². The molecule has 0 aliphatic heterocycles. The zero-order chi connectivity index (χ0) is 13.9. The smallest absolute Gasteiger partial charge is 0.251 e. The SMILES string of the molecule is N[C@@H]1C[C@H]1c1ccc(C(=O)NCc2ccccc2)cc1. The van der Waals surface area contributed by atoms with Gasteiger partial charge in [-0.05, 0) is 29.7 Å². The number of rotatable bonds is 4. The summed E-state index contributed by atoms with van der Waals surface area (Å²) in [7, 11) is 0. The lowest BCUT2D eigenvalue weighted by atomic mass is 10.1. The van der Waals surface area contributed by atoms with E-state index < -0.39 is 0 Å². The molecule has 3 rings (SSSR count). The van der Waals surface area contributed by atoms with E-state index in [0.717, 1.165) is 12.0 Å². The van der Waals surface area contributed by atoms with Crippen LogP contribution < -0.4 is 11.1 Å². The molecule has 3 heteroatoms. The Balaban J connectivity index is 1.59. The number of benzene rings is 2. The van der Waals surface area contributed by atoms with Gasteiger partial charge in [-0.2, -0.15) is 0 Å². The molecule has 2 atom stereocenters. The van der Waals surface area contributed by atoms with Crippen molar-refractivity contribution in [1.82, 2.24) is 5.32 Å². The Morgan fingerprint density at radius 1 is 1.10 bits per heavy atom. The Labute approximate surface area is 118 Å². The van der Waals surface area contributed by atoms with Gasteiger partial charge in [0.15, 0.2) is 0 Å². The van der Waals surface area contributed by atoms with Gasteiger partial charge in [-0.1, -0.05) is 42.5 Å². The molecule has 0 bridgehead atoms. The Hall–Kier alpha value is -2.13. The summed E-state index contributed by atoms with van der Waals surface area (Å²) in [5, 5.41) is 2.92. The summed E-state index contributed by atoms with van der Waals surface area (Å²) in [6.45, 7) is 0.551. The highest BCUT2D eigenvalue weighted by molar-refractivity contribution is 5.94. The molecule has 102 valence electrons. The third-order valence-electron chi connectivity index (χ3n) is 3.74. The highest BCUT2D eigenvalue weighted by Gasteiger charge is 2.34. The molecule has 2 aromatic carbocycles. The van der Waals surface area contributed by atoms with E-state index in [1.54, 1.807) is 0 Å². The molecule has 0 unspecified atom stereocenters. The Morgan fingerprint density at radius 3 is 2.35 bits per heavy atom. The second-order valence-electron chi connectivity index (χ2n) is 5.30. The van der Waals surface area contributed by atoms with E-state index in [4.69, 9.17) is 5.73 Å². The molecule has 20 heavy (non-hydrogen) atoms. The summed E-state index contributed by atoms with van der Waals surface area (Å²) in [5.41, 5.74) is 8.85. The van der Waals surface area contributed by atoms with Gasteiger partial charge in [0.05, 0.1) is 0 Å². The van der Waals surface area contributed by atoms with Crippen LogP contribution in [0, 0.1) is 0 Å². The van der Waals surface area contributed by atoms with Crippen LogP contribution in [-0.4, -0.2) is 11.9 Å². The standard InChI is InChI=1S/C17H18N2O/c18-16-10-15(16)13-6-8-14(9-7-13)17(20)19-11-12-4-2-1-3-5-12/h1-9,15-16H,10-11,18H2,(H,19,20)/t15-,16+/m0/s1. The van der Waals surface area contributed by atoms with E-state index >= 15 is 0 Å². The number of carbonyl (C=O) groups excluding carboxylic acids is 1. The molecule has 0 heterocycles. The second-order valence-corrected chi connectivity index (χ2v) is 5.30. The molecule has 1 aliphatic rings. The van der Waals surface area contributed by atoms with Crippen molar-refractivity contribution in [2.75, 3.05) is 0 Å². The molecule has 1 amide bonds. The Bertz CT molecular complexity index is 592. The van der Waals surface area contributed by atoms with Gasteiger partial charge in [0, 0.05) is 24.1 Å². The number of amides is 1. The van der Waals surface area contributed by atoms with Crippen molar-refractivity contribution >= 4 is 5.91 Å². The summed E-state index contributed by atoms with van der Waals surface area (Å²) in [4.78, 5) is 12.0. The lowest BCUT2D eigenvalue weighted by Crippen LogP contribution is -2.22. The number of carbonyl (C=O) groups is 1. The number of nitrogens with one attached hydrogen (secondary N) is 1. The lowest BCUT2D eigenvalue weighted by Gasteiger charge is -2.06. The van der Waals surface area contributed by atoms with E-state index in [9.17, 15) is 4.79 Å². The molecule has 2 aromatic rings. The average molecular weight is 266 g/mol. The third-order valence-corrected chi connectivity index (χ3v) is 3.74. The largest absolute Gasteiger partial charge is 0.348 e. The van der Waals surface area contributed by atoms with E-state index in [-0.39, 0.29) is 5.91 Å². The summed E-state index contributed by atoms with van der Waals surface area (Å²) in [5.74, 6) is 0.442. The molecule has 1 aliphatic carbocycles. The van der Waals surface area contributed by atoms with Crippen molar-refractivity contribution < 1.29 is 4.79 Å². The second kappa shape index (κ2) is 5.47. The van der Waals surface area contributed by atoms with Crippen LogP contribution in [0.1, 0.15) is 33.8 Å². The van der Waals surface area contributed by atoms with Gasteiger partial charge >= 0.3 is 0 Å². The fourth-order valence-corrected chi connectivity index (χ4v) is 2.36. The van der Waals surface area contributed by atoms with Crippen molar-refractivity contribution in [1.29, 1.82) is 0 Å². The fraction of sp³-hybridized carbons (Fsp3) is 0.235. The van der Waals surface area contributed by atoms with Crippen LogP contribution >= 0.6 is 0 Å². The van der Waals surface area contributed by atoms with Gasteiger partial charge in [0.1, 0.15) is 0 Å². The zero-order valence-corrected chi connectivity index (χ0v) is 11.3. The minimum atomic E-state index is -0.0412. The fourth-order valence-electron chi connectivity index (χ4n) is 2.36. The first-order chi connectivity index (χ1) is 9.74. The zero-order valence-electron chi connectivity index (χ0n) is 11.3. The highest BCUT2D eigenvalue weighted by atomic mass is 16.1. The Kier molecular flexibility index (Phi) is 3.52. The van der Waals surface area contributed by atoms with Gasteiger partial charge in [-0.25, -0.2) is 0 Å². The first-order valence-electron chi connectivity index (χ1n) is 6.92. The molecule has 3 N–H and O–H groups in total. The first-order valence-corrected chi connectivity index (χ1v) is 6.92. The van der Waals surface area contributed by atoms with Crippen LogP contribution in [-0.2, 0) is 6.54 Å². The average Bonchev–Trinajstić information content (AvgIpc) is 3.23. The summed E-state index contributed by atoms with van der Waals surface area (Å²) < 4.78 is 0. The van der Waals surface area contributed by atoms with Crippen molar-refractivity contribution in [2.24, 2.45) is 5.73 Å². The lowest BCUT2D eigenvalue weighted by molar-refractivity contribution is 0.0951. The maximum Gasteiger partial charge on any atom is 0.251 e. The Morgan fingerprint density at radius 2 is 1.75 bits per heavy atom. The number of nitrogens with two attached hydrogens (primary N) is 1. The molecule has 0 saturated heterocycles. The molecule has 0 radical (unpaired) electrons. The molecular formula is C17H18N2O. The number of hydrogen-bond donors (Lipinski definition) is 2. The van der Waals surface area contributed by atoms with Crippen molar-refractivity contribution in [3.05, 3.63) is 71.3 Å². The summed E-state index contributed by atoms with van der Waals surface area (Å²) in [6.07, 6.45) is 1.06. The first kappa shape index (κ1) is 12.9. The van der Waals surface area contributed by atoms with Gasteiger partial charge in [0.25, 0.3) is 5.91 Å². The molecule has 1 saturated carbocycles. The third kappa shape index (κ3) is 2.89. The van der Waals surface area contributed by atoms with Crippen LogP contribution in [0.5, 0.6) is 0 Å². The predicted molar refractivity (Wildman–Crippen MR) is 79.4 cm³/mol. The van der Waals surface area contributed by atoms with Crippen LogP contribution in [0.3, 0.4) is 0 Å². The van der Waals surface area contributed by atoms with Crippen molar-refractivity contribution in [2.45, 2.75) is 24.9 Å². The normalized spacial score (nSPS) is 20.4. The van der Waals surface area contributed by atoms with Gasteiger partial charge in [-0.15, -0.1) is 0 Å². The highest BCUT2D eigenvalue weighted by Crippen LogP contribution is 2.38. The van der Waals surface area contributed by atoms with Crippen molar-refractivity contribution in [3.63, 3.8) is 0 Å². The van der Waals surface area contributed by atoms with Crippen LogP contribution in [0.2, 0.25) is 0 Å². The van der Waals surface area contributed by atoms with E-state index in [1.807, 2.05) is 54.6 Å². The minimum Gasteiger partial charge on any atom is -0.348 e. The molecule has 3 nitrogen and oxygen atoms in total. The molecular weight excluding hydrogens is 248 g/mol. The summed E-state index contributed by atoms with van der Waals surface area (Å²) >= 11 is 0. The summed E-state index contributed by atoms with van der Waals surface area (Å²) in [6, 6.07) is 18.0. The maximum atomic E-state index is 12.0.